The Morgan fingerprint density at radius 1 is 0.467 bits per heavy atom. The summed E-state index contributed by atoms with van der Waals surface area (Å²) in [6.45, 7) is 6.89. The van der Waals surface area contributed by atoms with Gasteiger partial charge >= 0.3 is 12.1 Å². The van der Waals surface area contributed by atoms with E-state index in [0.29, 0.717) is 13.0 Å². The van der Waals surface area contributed by atoms with E-state index >= 15 is 0 Å². The van der Waals surface area contributed by atoms with Crippen LogP contribution in [0.25, 0.3) is 0 Å². The molecule has 0 atom stereocenters. The first-order valence-electron chi connectivity index (χ1n) is 12.4. The van der Waals surface area contributed by atoms with Crippen molar-refractivity contribution in [2.45, 2.75) is 135 Å². The van der Waals surface area contributed by atoms with Crippen molar-refractivity contribution >= 4 is 0 Å². The highest BCUT2D eigenvalue weighted by molar-refractivity contribution is 4.75. The number of rotatable bonds is 21. The molecule has 0 aromatic carbocycles. The SMILES string of the molecule is CCCCCCCCCN(CCCCCCCCC)CCCCC(F)(F)C(F)(F)F. The normalized spacial score (nSPS) is 12.8. The van der Waals surface area contributed by atoms with Crippen LogP contribution in [0.4, 0.5) is 22.0 Å². The largest absolute Gasteiger partial charge is 0.453 e. The Labute approximate surface area is 182 Å². The predicted octanol–water partition coefficient (Wildman–Crippen LogP) is 9.16. The van der Waals surface area contributed by atoms with Gasteiger partial charge in [0.05, 0.1) is 0 Å². The van der Waals surface area contributed by atoms with Crippen molar-refractivity contribution in [1.82, 2.24) is 4.90 Å². The van der Waals surface area contributed by atoms with Crippen LogP contribution in [0, 0.1) is 0 Å². The van der Waals surface area contributed by atoms with Gasteiger partial charge in [-0.3, -0.25) is 0 Å². The summed E-state index contributed by atoms with van der Waals surface area (Å²) in [7, 11) is 0. The van der Waals surface area contributed by atoms with Gasteiger partial charge in [0.2, 0.25) is 0 Å². The molecule has 0 aliphatic carbocycles. The fourth-order valence-electron chi connectivity index (χ4n) is 3.74. The Morgan fingerprint density at radius 2 is 0.800 bits per heavy atom. The second-order valence-corrected chi connectivity index (χ2v) is 8.74. The lowest BCUT2D eigenvalue weighted by atomic mass is 10.1. The van der Waals surface area contributed by atoms with E-state index in [1.807, 2.05) is 0 Å². The predicted molar refractivity (Wildman–Crippen MR) is 117 cm³/mol. The molecule has 0 fully saturated rings. The Kier molecular flexibility index (Phi) is 18.0. The third-order valence-corrected chi connectivity index (χ3v) is 5.79. The number of unbranched alkanes of at least 4 members (excludes halogenated alkanes) is 13. The summed E-state index contributed by atoms with van der Waals surface area (Å²) in [5, 5.41) is 0. The van der Waals surface area contributed by atoms with Crippen LogP contribution < -0.4 is 0 Å². The molecule has 0 saturated carbocycles. The van der Waals surface area contributed by atoms with Crippen molar-refractivity contribution in [3.8, 4) is 0 Å². The van der Waals surface area contributed by atoms with E-state index in [9.17, 15) is 22.0 Å². The lowest BCUT2D eigenvalue weighted by Gasteiger charge is -2.23. The van der Waals surface area contributed by atoms with Crippen LogP contribution in [-0.2, 0) is 0 Å². The second kappa shape index (κ2) is 18.2. The van der Waals surface area contributed by atoms with Gasteiger partial charge in [-0.2, -0.15) is 22.0 Å². The zero-order valence-corrected chi connectivity index (χ0v) is 19.5. The highest BCUT2D eigenvalue weighted by atomic mass is 19.4. The van der Waals surface area contributed by atoms with E-state index < -0.39 is 18.5 Å². The summed E-state index contributed by atoms with van der Waals surface area (Å²) in [5.41, 5.74) is 0. The molecule has 1 nitrogen and oxygen atoms in total. The van der Waals surface area contributed by atoms with Crippen LogP contribution in [0.5, 0.6) is 0 Å². The molecule has 30 heavy (non-hydrogen) atoms. The van der Waals surface area contributed by atoms with Gasteiger partial charge in [-0.25, -0.2) is 0 Å². The number of hydrogen-bond acceptors (Lipinski definition) is 1. The van der Waals surface area contributed by atoms with E-state index in [1.54, 1.807) is 0 Å². The van der Waals surface area contributed by atoms with E-state index in [4.69, 9.17) is 0 Å². The molecule has 182 valence electrons. The molecule has 0 aromatic heterocycles. The van der Waals surface area contributed by atoms with Gasteiger partial charge in [0, 0.05) is 6.42 Å². The zero-order valence-electron chi connectivity index (χ0n) is 19.5. The lowest BCUT2D eigenvalue weighted by molar-refractivity contribution is -0.284. The van der Waals surface area contributed by atoms with Gasteiger partial charge in [-0.1, -0.05) is 90.9 Å². The fraction of sp³-hybridized carbons (Fsp3) is 1.00. The first-order valence-corrected chi connectivity index (χ1v) is 12.4. The summed E-state index contributed by atoms with van der Waals surface area (Å²) in [4.78, 5) is 2.28. The Balaban J connectivity index is 4.13. The minimum absolute atomic E-state index is 0.0863. The maximum Gasteiger partial charge on any atom is 0.453 e. The van der Waals surface area contributed by atoms with E-state index in [-0.39, 0.29) is 6.42 Å². The van der Waals surface area contributed by atoms with Crippen LogP contribution in [0.2, 0.25) is 0 Å². The number of hydrogen-bond donors (Lipinski definition) is 0. The number of nitrogens with zero attached hydrogens (tertiary/aromatic N) is 1. The summed E-state index contributed by atoms with van der Waals surface area (Å²) < 4.78 is 63.0. The maximum atomic E-state index is 13.1. The van der Waals surface area contributed by atoms with Crippen LogP contribution in [0.15, 0.2) is 0 Å². The van der Waals surface area contributed by atoms with Gasteiger partial charge < -0.3 is 4.90 Å². The van der Waals surface area contributed by atoms with Gasteiger partial charge in [0.1, 0.15) is 0 Å². The van der Waals surface area contributed by atoms with Crippen LogP contribution >= 0.6 is 0 Å². The molecule has 6 heteroatoms. The molecule has 0 rings (SSSR count). The van der Waals surface area contributed by atoms with Crippen molar-refractivity contribution in [1.29, 1.82) is 0 Å². The molecular weight excluding hydrogens is 397 g/mol. The highest BCUT2D eigenvalue weighted by Gasteiger charge is 2.56. The smallest absolute Gasteiger partial charge is 0.303 e. The van der Waals surface area contributed by atoms with Gasteiger partial charge in [-0.15, -0.1) is 0 Å². The molecule has 0 saturated heterocycles. The van der Waals surface area contributed by atoms with Gasteiger partial charge in [-0.05, 0) is 45.3 Å². The highest BCUT2D eigenvalue weighted by Crippen LogP contribution is 2.39. The van der Waals surface area contributed by atoms with Crippen molar-refractivity contribution in [3.05, 3.63) is 0 Å². The quantitative estimate of drug-likeness (QED) is 0.126. The molecule has 0 radical (unpaired) electrons. The molecule has 0 aliphatic rings. The fourth-order valence-corrected chi connectivity index (χ4v) is 3.74. The standard InChI is InChI=1S/C24H46F5N/c1-3-5-7-9-11-13-16-20-30(21-17-14-12-10-8-6-4-2)22-18-15-19-23(25,26)24(27,28)29/h3-22H2,1-2H3. The maximum absolute atomic E-state index is 13.1. The molecule has 0 bridgehead atoms. The second-order valence-electron chi connectivity index (χ2n) is 8.74. The van der Waals surface area contributed by atoms with Crippen molar-refractivity contribution in [3.63, 3.8) is 0 Å². The summed E-state index contributed by atoms with van der Waals surface area (Å²) in [5.74, 6) is -4.56. The van der Waals surface area contributed by atoms with Crippen molar-refractivity contribution in [2.75, 3.05) is 19.6 Å². The summed E-state index contributed by atoms with van der Waals surface area (Å²) in [6.07, 6.45) is 10.9. The molecular formula is C24H46F5N. The van der Waals surface area contributed by atoms with Gasteiger partial charge in [0.15, 0.2) is 0 Å². The van der Waals surface area contributed by atoms with E-state index in [2.05, 4.69) is 18.7 Å². The molecule has 0 N–H and O–H groups in total. The average Bonchev–Trinajstić information content (AvgIpc) is 2.68. The summed E-state index contributed by atoms with van der Waals surface area (Å²) >= 11 is 0. The Bertz CT molecular complexity index is 353. The van der Waals surface area contributed by atoms with Crippen LogP contribution in [0.1, 0.15) is 123 Å². The average molecular weight is 444 g/mol. The first-order chi connectivity index (χ1) is 14.2. The third-order valence-electron chi connectivity index (χ3n) is 5.79. The van der Waals surface area contributed by atoms with Gasteiger partial charge in [0.25, 0.3) is 0 Å². The molecule has 0 amide bonds. The summed E-state index contributed by atoms with van der Waals surface area (Å²) in [6, 6.07) is 0. The van der Waals surface area contributed by atoms with Crippen molar-refractivity contribution in [2.24, 2.45) is 0 Å². The van der Waals surface area contributed by atoms with E-state index in [1.165, 1.54) is 77.0 Å². The minimum atomic E-state index is -5.43. The Hall–Kier alpha value is -0.390. The molecule has 0 spiro atoms. The molecule has 0 unspecified atom stereocenters. The Morgan fingerprint density at radius 3 is 1.17 bits per heavy atom. The first kappa shape index (κ1) is 29.6. The van der Waals surface area contributed by atoms with Crippen LogP contribution in [-0.4, -0.2) is 36.6 Å². The molecule has 0 heterocycles. The molecule has 0 aliphatic heterocycles. The topological polar surface area (TPSA) is 3.24 Å². The molecule has 0 aromatic rings. The van der Waals surface area contributed by atoms with Crippen LogP contribution in [0.3, 0.4) is 0 Å². The number of halogens is 5. The zero-order chi connectivity index (χ0) is 22.7. The third kappa shape index (κ3) is 16.3. The van der Waals surface area contributed by atoms with E-state index in [0.717, 1.165) is 25.9 Å². The lowest BCUT2D eigenvalue weighted by Crippen LogP contribution is -2.36. The number of alkyl halides is 5. The minimum Gasteiger partial charge on any atom is -0.303 e. The van der Waals surface area contributed by atoms with Crippen molar-refractivity contribution < 1.29 is 22.0 Å². The monoisotopic (exact) mass is 443 g/mol.